The van der Waals surface area contributed by atoms with E-state index < -0.39 is 0 Å². The van der Waals surface area contributed by atoms with Gasteiger partial charge in [0.05, 0.1) is 5.56 Å². The number of fused-ring (bicyclic) bond motifs is 2. The third-order valence-corrected chi connectivity index (χ3v) is 4.26. The molecule has 2 aliphatic heterocycles. The molecule has 0 aliphatic carbocycles. The van der Waals surface area contributed by atoms with Crippen LogP contribution in [0.1, 0.15) is 15.9 Å². The first-order valence-corrected chi connectivity index (χ1v) is 8.07. The Kier molecular flexibility index (Phi) is 3.58. The number of ketones is 1. The van der Waals surface area contributed by atoms with Crippen LogP contribution < -0.4 is 14.2 Å². The maximum Gasteiger partial charge on any atom is 0.196 e. The van der Waals surface area contributed by atoms with Gasteiger partial charge in [0.25, 0.3) is 0 Å². The van der Waals surface area contributed by atoms with Crippen LogP contribution in [0, 0.1) is 0 Å². The van der Waals surface area contributed by atoms with E-state index in [4.69, 9.17) is 14.2 Å². The molecular weight excluding hydrogens is 360 g/mol. The molecule has 2 aromatic rings. The molecule has 0 unspecified atom stereocenters. The Morgan fingerprint density at radius 2 is 1.70 bits per heavy atom. The van der Waals surface area contributed by atoms with Gasteiger partial charge in [-0.25, -0.2) is 0 Å². The molecule has 0 bridgehead atoms. The van der Waals surface area contributed by atoms with Crippen molar-refractivity contribution in [3.63, 3.8) is 0 Å². The molecule has 0 saturated carbocycles. The van der Waals surface area contributed by atoms with E-state index in [-0.39, 0.29) is 12.4 Å². The van der Waals surface area contributed by atoms with E-state index in [0.29, 0.717) is 35.8 Å². The van der Waals surface area contributed by atoms with Gasteiger partial charge in [-0.15, -0.1) is 0 Å². The van der Waals surface area contributed by atoms with E-state index in [2.05, 4.69) is 15.9 Å². The van der Waals surface area contributed by atoms with Crippen LogP contribution in [0.5, 0.6) is 17.2 Å². The van der Waals surface area contributed by atoms with Crippen LogP contribution in [0.4, 0.5) is 0 Å². The molecule has 0 aromatic heterocycles. The summed E-state index contributed by atoms with van der Waals surface area (Å²) in [6.45, 7) is 1.36. The number of hydrogen-bond acceptors (Lipinski definition) is 4. The fourth-order valence-electron chi connectivity index (χ4n) is 2.66. The van der Waals surface area contributed by atoms with Crippen molar-refractivity contribution in [1.82, 2.24) is 0 Å². The van der Waals surface area contributed by atoms with E-state index in [1.807, 2.05) is 30.3 Å². The van der Waals surface area contributed by atoms with Crippen LogP contribution in [0.15, 0.2) is 46.4 Å². The van der Waals surface area contributed by atoms with Crippen molar-refractivity contribution in [3.8, 4) is 17.2 Å². The lowest BCUT2D eigenvalue weighted by atomic mass is 9.98. The second-order valence-electron chi connectivity index (χ2n) is 5.33. The van der Waals surface area contributed by atoms with Crippen molar-refractivity contribution in [2.75, 3.05) is 19.8 Å². The van der Waals surface area contributed by atoms with Gasteiger partial charge in [0.15, 0.2) is 17.3 Å². The summed E-state index contributed by atoms with van der Waals surface area (Å²) < 4.78 is 17.6. The Hall–Kier alpha value is -2.27. The fraction of sp³-hybridized carbons (Fsp3) is 0.167. The Morgan fingerprint density at radius 1 is 0.913 bits per heavy atom. The van der Waals surface area contributed by atoms with Crippen LogP contribution in [0.25, 0.3) is 6.08 Å². The summed E-state index contributed by atoms with van der Waals surface area (Å²) in [5.74, 6) is 2.05. The average molecular weight is 373 g/mol. The number of rotatable bonds is 1. The summed E-state index contributed by atoms with van der Waals surface area (Å²) in [5.41, 5.74) is 2.08. The second-order valence-corrected chi connectivity index (χ2v) is 6.25. The van der Waals surface area contributed by atoms with Crippen molar-refractivity contribution in [3.05, 3.63) is 57.6 Å². The number of hydrogen-bond donors (Lipinski definition) is 0. The summed E-state index contributed by atoms with van der Waals surface area (Å²) in [5, 5.41) is 0. The van der Waals surface area contributed by atoms with Crippen molar-refractivity contribution >= 4 is 27.8 Å². The number of benzene rings is 2. The number of carbonyl (C=O) groups is 1. The number of ether oxygens (including phenoxy) is 3. The first-order valence-electron chi connectivity index (χ1n) is 7.28. The molecular formula is C18H13BrO4. The zero-order chi connectivity index (χ0) is 15.8. The van der Waals surface area contributed by atoms with E-state index in [1.54, 1.807) is 12.1 Å². The topological polar surface area (TPSA) is 44.8 Å². The predicted molar refractivity (Wildman–Crippen MR) is 89.4 cm³/mol. The van der Waals surface area contributed by atoms with Crippen molar-refractivity contribution < 1.29 is 19.0 Å². The second kappa shape index (κ2) is 5.74. The largest absolute Gasteiger partial charge is 0.488 e. The molecule has 23 heavy (non-hydrogen) atoms. The molecule has 0 N–H and O–H groups in total. The average Bonchev–Trinajstić information content (AvgIpc) is 2.58. The minimum absolute atomic E-state index is 0.0116. The summed E-state index contributed by atoms with van der Waals surface area (Å²) >= 11 is 3.39. The van der Waals surface area contributed by atoms with Gasteiger partial charge in [0, 0.05) is 10.0 Å². The van der Waals surface area contributed by atoms with E-state index >= 15 is 0 Å². The monoisotopic (exact) mass is 372 g/mol. The summed E-state index contributed by atoms with van der Waals surface area (Å²) in [4.78, 5) is 12.6. The van der Waals surface area contributed by atoms with Gasteiger partial charge < -0.3 is 14.2 Å². The van der Waals surface area contributed by atoms with E-state index in [1.165, 1.54) is 0 Å². The molecule has 0 spiro atoms. The summed E-state index contributed by atoms with van der Waals surface area (Å²) in [7, 11) is 0. The molecule has 2 aliphatic rings. The van der Waals surface area contributed by atoms with Crippen LogP contribution in [-0.4, -0.2) is 25.6 Å². The van der Waals surface area contributed by atoms with Gasteiger partial charge in [-0.3, -0.25) is 4.79 Å². The number of halogens is 1. The maximum atomic E-state index is 12.6. The smallest absolute Gasteiger partial charge is 0.196 e. The Labute approximate surface area is 141 Å². The molecule has 0 saturated heterocycles. The molecule has 2 aromatic carbocycles. The van der Waals surface area contributed by atoms with Gasteiger partial charge >= 0.3 is 0 Å². The van der Waals surface area contributed by atoms with Gasteiger partial charge in [-0.05, 0) is 42.0 Å². The Morgan fingerprint density at radius 3 is 2.57 bits per heavy atom. The van der Waals surface area contributed by atoms with Crippen LogP contribution in [0.3, 0.4) is 0 Å². The van der Waals surface area contributed by atoms with E-state index in [0.717, 1.165) is 15.8 Å². The lowest BCUT2D eigenvalue weighted by Crippen LogP contribution is -2.19. The summed E-state index contributed by atoms with van der Waals surface area (Å²) in [6.07, 6.45) is 1.84. The van der Waals surface area contributed by atoms with Crippen molar-refractivity contribution in [2.45, 2.75) is 0 Å². The minimum atomic E-state index is -0.0116. The van der Waals surface area contributed by atoms with E-state index in [9.17, 15) is 4.79 Å². The zero-order valence-corrected chi connectivity index (χ0v) is 13.8. The lowest BCUT2D eigenvalue weighted by molar-refractivity contribution is 0.100. The standard InChI is InChI=1S/C18H13BrO4/c19-13-2-4-15-14(9-13)18(20)12(10-23-15)7-11-1-3-16-17(8-11)22-6-5-21-16/h1-4,7-9H,5-6,10H2/b12-7+. The molecule has 0 fully saturated rings. The predicted octanol–water partition coefficient (Wildman–Crippen LogP) is 3.88. The third kappa shape index (κ3) is 2.72. The number of Topliss-reactive ketones (excluding diaryl/α,β-unsaturated/α-hetero) is 1. The highest BCUT2D eigenvalue weighted by molar-refractivity contribution is 9.10. The molecule has 0 atom stereocenters. The van der Waals surface area contributed by atoms with Crippen molar-refractivity contribution in [1.29, 1.82) is 0 Å². The lowest BCUT2D eigenvalue weighted by Gasteiger charge is -2.20. The maximum absolute atomic E-state index is 12.6. The van der Waals surface area contributed by atoms with Crippen LogP contribution in [-0.2, 0) is 0 Å². The SMILES string of the molecule is O=C1/C(=C/c2ccc3c(c2)OCCO3)COc2ccc(Br)cc21. The number of carbonyl (C=O) groups excluding carboxylic acids is 1. The first-order chi connectivity index (χ1) is 11.2. The van der Waals surface area contributed by atoms with Gasteiger partial charge in [0.2, 0.25) is 0 Å². The third-order valence-electron chi connectivity index (χ3n) is 3.77. The highest BCUT2D eigenvalue weighted by Gasteiger charge is 2.23. The first kappa shape index (κ1) is 14.3. The Balaban J connectivity index is 1.68. The normalized spacial score (nSPS) is 17.6. The molecule has 4 rings (SSSR count). The molecule has 116 valence electrons. The van der Waals surface area contributed by atoms with Gasteiger partial charge in [-0.1, -0.05) is 22.0 Å². The van der Waals surface area contributed by atoms with Crippen molar-refractivity contribution in [2.24, 2.45) is 0 Å². The zero-order valence-electron chi connectivity index (χ0n) is 12.2. The van der Waals surface area contributed by atoms with Gasteiger partial charge in [-0.2, -0.15) is 0 Å². The highest BCUT2D eigenvalue weighted by atomic mass is 79.9. The van der Waals surface area contributed by atoms with Crippen LogP contribution in [0.2, 0.25) is 0 Å². The molecule has 2 heterocycles. The quantitative estimate of drug-likeness (QED) is 0.712. The molecule has 0 radical (unpaired) electrons. The highest BCUT2D eigenvalue weighted by Crippen LogP contribution is 2.33. The molecule has 0 amide bonds. The minimum Gasteiger partial charge on any atom is -0.488 e. The Bertz CT molecular complexity index is 826. The molecule has 4 nitrogen and oxygen atoms in total. The summed E-state index contributed by atoms with van der Waals surface area (Å²) in [6, 6.07) is 11.1. The van der Waals surface area contributed by atoms with Gasteiger partial charge in [0.1, 0.15) is 25.6 Å². The van der Waals surface area contributed by atoms with Crippen LogP contribution >= 0.6 is 15.9 Å². The molecule has 5 heteroatoms. The fourth-order valence-corrected chi connectivity index (χ4v) is 3.02.